The molecule has 8 nitrogen and oxygen atoms in total. The average molecular weight is 469 g/mol. The molecular weight excluding hydrogens is 452 g/mol. The van der Waals surface area contributed by atoms with Crippen molar-refractivity contribution in [2.75, 3.05) is 6.61 Å². The molecule has 2 aromatic carbocycles. The zero-order valence-corrected chi connectivity index (χ0v) is 17.8. The number of terminal acetylenes is 1. The number of nitro benzene ring substituents is 1. The van der Waals surface area contributed by atoms with E-state index < -0.39 is 4.92 Å². The van der Waals surface area contributed by atoms with E-state index in [1.165, 1.54) is 23.0 Å². The molecule has 0 unspecified atom stereocenters. The van der Waals surface area contributed by atoms with E-state index in [0.29, 0.717) is 22.3 Å². The molecule has 9 heteroatoms. The van der Waals surface area contributed by atoms with Gasteiger partial charge in [0.2, 0.25) is 0 Å². The molecule has 0 bridgehead atoms. The Labute approximate surface area is 180 Å². The minimum Gasteiger partial charge on any atom is -0.474 e. The number of ether oxygens (including phenoxy) is 1. The van der Waals surface area contributed by atoms with E-state index in [-0.39, 0.29) is 29.5 Å². The summed E-state index contributed by atoms with van der Waals surface area (Å²) in [6.45, 7) is 3.72. The summed E-state index contributed by atoms with van der Waals surface area (Å²) in [6.07, 6.45) is 6.51. The molecule has 152 valence electrons. The van der Waals surface area contributed by atoms with Gasteiger partial charge in [-0.05, 0) is 30.3 Å². The van der Waals surface area contributed by atoms with Crippen LogP contribution in [0, 0.1) is 22.5 Å². The lowest BCUT2D eigenvalue weighted by molar-refractivity contribution is -0.385. The van der Waals surface area contributed by atoms with Crippen LogP contribution >= 0.6 is 15.9 Å². The van der Waals surface area contributed by atoms with Crippen LogP contribution in [0.25, 0.3) is 10.9 Å². The van der Waals surface area contributed by atoms with Crippen molar-refractivity contribution in [2.45, 2.75) is 19.8 Å². The highest BCUT2D eigenvalue weighted by Gasteiger charge is 2.16. The van der Waals surface area contributed by atoms with E-state index in [2.05, 4.69) is 31.9 Å². The van der Waals surface area contributed by atoms with Gasteiger partial charge in [0.05, 0.1) is 22.0 Å². The molecule has 1 aromatic heterocycles. The second-order valence-electron chi connectivity index (χ2n) is 6.62. The molecule has 0 aliphatic rings. The second kappa shape index (κ2) is 8.88. The van der Waals surface area contributed by atoms with Gasteiger partial charge in [0.15, 0.2) is 5.75 Å². The van der Waals surface area contributed by atoms with E-state index >= 15 is 0 Å². The number of nitrogens with zero attached hydrogens (tertiary/aromatic N) is 4. The molecule has 0 aliphatic heterocycles. The zero-order valence-electron chi connectivity index (χ0n) is 16.2. The standard InChI is InChI=1S/C21H17BrN4O4/c1-4-9-30-19-8-5-14(10-18(19)26(28)29)12-23-25-20(13(2)3)24-17-7-6-15(22)11-16(17)21(25)27/h1,5-8,10-13H,9H2,2-3H3. The van der Waals surface area contributed by atoms with Gasteiger partial charge in [-0.3, -0.25) is 14.9 Å². The second-order valence-corrected chi connectivity index (χ2v) is 7.54. The molecule has 0 radical (unpaired) electrons. The van der Waals surface area contributed by atoms with E-state index in [1.807, 2.05) is 19.9 Å². The molecule has 0 aliphatic carbocycles. The molecule has 3 rings (SSSR count). The molecule has 30 heavy (non-hydrogen) atoms. The molecule has 3 aromatic rings. The number of hydrogen-bond donors (Lipinski definition) is 0. The number of halogens is 1. The highest BCUT2D eigenvalue weighted by Crippen LogP contribution is 2.27. The number of fused-ring (bicyclic) bond motifs is 1. The maximum Gasteiger partial charge on any atom is 0.311 e. The van der Waals surface area contributed by atoms with Crippen molar-refractivity contribution in [2.24, 2.45) is 5.10 Å². The lowest BCUT2D eigenvalue weighted by Gasteiger charge is -2.12. The Morgan fingerprint density at radius 1 is 1.37 bits per heavy atom. The van der Waals surface area contributed by atoms with Gasteiger partial charge in [0.1, 0.15) is 12.4 Å². The Morgan fingerprint density at radius 2 is 2.13 bits per heavy atom. The minimum atomic E-state index is -0.565. The van der Waals surface area contributed by atoms with Crippen LogP contribution in [0.3, 0.4) is 0 Å². The predicted octanol–water partition coefficient (Wildman–Crippen LogP) is 4.08. The first kappa shape index (κ1) is 21.2. The lowest BCUT2D eigenvalue weighted by atomic mass is 10.2. The van der Waals surface area contributed by atoms with Crippen molar-refractivity contribution < 1.29 is 9.66 Å². The van der Waals surface area contributed by atoms with Crippen molar-refractivity contribution in [3.05, 3.63) is 72.7 Å². The number of aromatic nitrogens is 2. The van der Waals surface area contributed by atoms with E-state index in [9.17, 15) is 14.9 Å². The third kappa shape index (κ3) is 4.39. The first-order valence-electron chi connectivity index (χ1n) is 8.93. The van der Waals surface area contributed by atoms with Gasteiger partial charge in [-0.25, -0.2) is 4.98 Å². The summed E-state index contributed by atoms with van der Waals surface area (Å²) in [5, 5.41) is 16.0. The van der Waals surface area contributed by atoms with Gasteiger partial charge < -0.3 is 4.74 Å². The van der Waals surface area contributed by atoms with E-state index in [0.717, 1.165) is 4.47 Å². The Bertz CT molecular complexity index is 1260. The van der Waals surface area contributed by atoms with Gasteiger partial charge >= 0.3 is 5.69 Å². The summed E-state index contributed by atoms with van der Waals surface area (Å²) in [5.74, 6) is 2.74. The van der Waals surface area contributed by atoms with Gasteiger partial charge in [-0.2, -0.15) is 9.78 Å². The molecular formula is C21H17BrN4O4. The minimum absolute atomic E-state index is 0.0624. The van der Waals surface area contributed by atoms with Gasteiger partial charge in [-0.15, -0.1) is 6.42 Å². The van der Waals surface area contributed by atoms with Gasteiger partial charge in [0.25, 0.3) is 5.56 Å². The largest absolute Gasteiger partial charge is 0.474 e. The maximum absolute atomic E-state index is 13.0. The van der Waals surface area contributed by atoms with Gasteiger partial charge in [0, 0.05) is 22.0 Å². The first-order valence-corrected chi connectivity index (χ1v) is 9.72. The molecule has 0 spiro atoms. The maximum atomic E-state index is 13.0. The van der Waals surface area contributed by atoms with Crippen molar-refractivity contribution in [1.29, 1.82) is 0 Å². The topological polar surface area (TPSA) is 99.6 Å². The third-order valence-corrected chi connectivity index (χ3v) is 4.66. The molecule has 0 N–H and O–H groups in total. The van der Waals surface area contributed by atoms with Crippen molar-refractivity contribution in [1.82, 2.24) is 9.66 Å². The fourth-order valence-corrected chi connectivity index (χ4v) is 3.14. The van der Waals surface area contributed by atoms with Crippen LogP contribution in [0.4, 0.5) is 5.69 Å². The highest BCUT2D eigenvalue weighted by atomic mass is 79.9. The van der Waals surface area contributed by atoms with Crippen LogP contribution in [-0.2, 0) is 0 Å². The van der Waals surface area contributed by atoms with Crippen LogP contribution in [0.15, 0.2) is 50.8 Å². The number of hydrogen-bond acceptors (Lipinski definition) is 6. The fourth-order valence-electron chi connectivity index (χ4n) is 2.77. The summed E-state index contributed by atoms with van der Waals surface area (Å²) in [5.41, 5.74) is 0.422. The molecule has 0 atom stereocenters. The van der Waals surface area contributed by atoms with Crippen LogP contribution < -0.4 is 10.3 Å². The summed E-state index contributed by atoms with van der Waals surface area (Å²) >= 11 is 3.36. The normalized spacial score (nSPS) is 11.2. The first-order chi connectivity index (χ1) is 14.3. The average Bonchev–Trinajstić information content (AvgIpc) is 2.71. The lowest BCUT2D eigenvalue weighted by Crippen LogP contribution is -2.23. The number of nitro groups is 1. The molecule has 0 fully saturated rings. The van der Waals surface area contributed by atoms with Gasteiger partial charge in [-0.1, -0.05) is 35.7 Å². The fraction of sp³-hybridized carbons (Fsp3) is 0.190. The molecule has 0 saturated heterocycles. The Kier molecular flexibility index (Phi) is 6.28. The zero-order chi connectivity index (χ0) is 21.8. The number of rotatable bonds is 6. The Balaban J connectivity index is 2.09. The highest BCUT2D eigenvalue weighted by molar-refractivity contribution is 9.10. The van der Waals surface area contributed by atoms with E-state index in [1.54, 1.807) is 18.2 Å². The van der Waals surface area contributed by atoms with Crippen LogP contribution in [0.2, 0.25) is 0 Å². The van der Waals surface area contributed by atoms with Crippen molar-refractivity contribution in [3.63, 3.8) is 0 Å². The van der Waals surface area contributed by atoms with Crippen LogP contribution in [0.5, 0.6) is 5.75 Å². The quantitative estimate of drug-likeness (QED) is 0.234. The molecule has 0 amide bonds. The smallest absolute Gasteiger partial charge is 0.311 e. The Morgan fingerprint density at radius 3 is 2.80 bits per heavy atom. The molecule has 0 saturated carbocycles. The summed E-state index contributed by atoms with van der Waals surface area (Å²) in [4.78, 5) is 28.4. The predicted molar refractivity (Wildman–Crippen MR) is 118 cm³/mol. The SMILES string of the molecule is C#CCOc1ccc(C=Nn2c(C(C)C)nc3ccc(Br)cc3c2=O)cc1[N+](=O)[O-]. The number of benzene rings is 2. The summed E-state index contributed by atoms with van der Waals surface area (Å²) in [7, 11) is 0. The molecule has 1 heterocycles. The summed E-state index contributed by atoms with van der Waals surface area (Å²) in [6, 6.07) is 9.60. The van der Waals surface area contributed by atoms with Crippen molar-refractivity contribution in [3.8, 4) is 18.1 Å². The van der Waals surface area contributed by atoms with E-state index in [4.69, 9.17) is 11.2 Å². The van der Waals surface area contributed by atoms with Crippen LogP contribution in [-0.4, -0.2) is 27.4 Å². The third-order valence-electron chi connectivity index (χ3n) is 4.16. The monoisotopic (exact) mass is 468 g/mol. The van der Waals surface area contributed by atoms with Crippen molar-refractivity contribution >= 4 is 38.7 Å². The Hall–Kier alpha value is -3.51. The summed E-state index contributed by atoms with van der Waals surface area (Å²) < 4.78 is 7.17. The van der Waals surface area contributed by atoms with Crippen LogP contribution in [0.1, 0.15) is 31.2 Å².